The zero-order valence-corrected chi connectivity index (χ0v) is 23.3. The van der Waals surface area contributed by atoms with Gasteiger partial charge in [0.25, 0.3) is 11.7 Å². The molecule has 8 nitrogen and oxygen atoms in total. The van der Waals surface area contributed by atoms with Crippen molar-refractivity contribution >= 4 is 29.1 Å². The van der Waals surface area contributed by atoms with E-state index >= 15 is 0 Å². The van der Waals surface area contributed by atoms with Crippen molar-refractivity contribution in [2.75, 3.05) is 11.5 Å². The van der Waals surface area contributed by atoms with Crippen LogP contribution in [0.5, 0.6) is 5.75 Å². The minimum absolute atomic E-state index is 0.0793. The molecule has 5 rings (SSSR count). The normalized spacial score (nSPS) is 16.0. The van der Waals surface area contributed by atoms with E-state index in [1.165, 1.54) is 11.0 Å². The number of ether oxygens (including phenoxy) is 2. The number of rotatable bonds is 9. The van der Waals surface area contributed by atoms with Crippen LogP contribution in [0.3, 0.4) is 0 Å². The summed E-state index contributed by atoms with van der Waals surface area (Å²) in [5, 5.41) is 11.5. The van der Waals surface area contributed by atoms with Gasteiger partial charge in [-0.2, -0.15) is 0 Å². The summed E-state index contributed by atoms with van der Waals surface area (Å²) < 4.78 is 11.2. The van der Waals surface area contributed by atoms with Gasteiger partial charge in [0.2, 0.25) is 0 Å². The summed E-state index contributed by atoms with van der Waals surface area (Å²) in [4.78, 5) is 45.0. The minimum Gasteiger partial charge on any atom is -0.507 e. The molecule has 3 aromatic carbocycles. The fourth-order valence-corrected chi connectivity index (χ4v) is 4.86. The van der Waals surface area contributed by atoms with Gasteiger partial charge in [0.05, 0.1) is 23.8 Å². The standard InChI is InChI=1S/C34H30N2O6/c1-3-17-41-34(40)25-11-7-13-27(19-25)36-30(26-12-8-16-35-20-26)29(32(38)33(36)39)31(37)24-14-15-28(22(2)18-24)42-21-23-9-5-4-6-10-23/h4-16,18-20,30,37H,3,17,21H2,1-2H3/b31-29+. The molecule has 0 aliphatic carbocycles. The largest absolute Gasteiger partial charge is 0.507 e. The van der Waals surface area contributed by atoms with Crippen LogP contribution in [0, 0.1) is 6.92 Å². The van der Waals surface area contributed by atoms with Gasteiger partial charge in [-0.05, 0) is 72.5 Å². The minimum atomic E-state index is -0.977. The lowest BCUT2D eigenvalue weighted by atomic mass is 9.95. The number of aromatic nitrogens is 1. The smallest absolute Gasteiger partial charge is 0.338 e. The molecule has 8 heteroatoms. The predicted octanol–water partition coefficient (Wildman–Crippen LogP) is 6.16. The molecular weight excluding hydrogens is 532 g/mol. The number of aryl methyl sites for hydroxylation is 1. The third-order valence-electron chi connectivity index (χ3n) is 6.93. The number of hydrogen-bond acceptors (Lipinski definition) is 7. The molecular formula is C34H30N2O6. The molecule has 1 fully saturated rings. The lowest BCUT2D eigenvalue weighted by Gasteiger charge is -2.25. The van der Waals surface area contributed by atoms with E-state index in [0.717, 1.165) is 11.1 Å². The van der Waals surface area contributed by atoms with Crippen LogP contribution in [0.15, 0.2) is 103 Å². The fourth-order valence-electron chi connectivity index (χ4n) is 4.86. The number of carbonyl (C=O) groups is 3. The van der Waals surface area contributed by atoms with Crippen molar-refractivity contribution in [2.24, 2.45) is 0 Å². The van der Waals surface area contributed by atoms with E-state index in [9.17, 15) is 19.5 Å². The van der Waals surface area contributed by atoms with Gasteiger partial charge in [0.1, 0.15) is 18.1 Å². The number of hydrogen-bond donors (Lipinski definition) is 1. The predicted molar refractivity (Wildman–Crippen MR) is 158 cm³/mol. The molecule has 2 heterocycles. The average molecular weight is 563 g/mol. The van der Waals surface area contributed by atoms with Crippen LogP contribution in [0.4, 0.5) is 5.69 Å². The van der Waals surface area contributed by atoms with E-state index in [-0.39, 0.29) is 23.5 Å². The number of esters is 1. The van der Waals surface area contributed by atoms with Crippen molar-refractivity contribution in [3.63, 3.8) is 0 Å². The van der Waals surface area contributed by atoms with Crippen LogP contribution >= 0.6 is 0 Å². The van der Waals surface area contributed by atoms with Gasteiger partial charge in [-0.25, -0.2) is 4.79 Å². The first-order valence-electron chi connectivity index (χ1n) is 13.6. The first-order chi connectivity index (χ1) is 20.4. The second-order valence-electron chi connectivity index (χ2n) is 9.90. The number of pyridine rings is 1. The number of ketones is 1. The monoisotopic (exact) mass is 562 g/mol. The molecule has 1 amide bonds. The maximum atomic E-state index is 13.5. The summed E-state index contributed by atoms with van der Waals surface area (Å²) >= 11 is 0. The van der Waals surface area contributed by atoms with Crippen molar-refractivity contribution in [1.82, 2.24) is 4.98 Å². The molecule has 4 aromatic rings. The van der Waals surface area contributed by atoms with Gasteiger partial charge in [0.15, 0.2) is 0 Å². The Morgan fingerprint density at radius 3 is 2.48 bits per heavy atom. The molecule has 1 aliphatic rings. The first kappa shape index (κ1) is 28.3. The highest BCUT2D eigenvalue weighted by Crippen LogP contribution is 2.42. The number of anilines is 1. The Hall–Kier alpha value is -5.24. The van der Waals surface area contributed by atoms with E-state index in [0.29, 0.717) is 35.6 Å². The highest BCUT2D eigenvalue weighted by atomic mass is 16.5. The maximum absolute atomic E-state index is 13.5. The maximum Gasteiger partial charge on any atom is 0.338 e. The summed E-state index contributed by atoms with van der Waals surface area (Å²) in [5.41, 5.74) is 3.14. The van der Waals surface area contributed by atoms with E-state index in [1.807, 2.05) is 44.2 Å². The number of aliphatic hydroxyl groups is 1. The zero-order chi connectivity index (χ0) is 29.6. The summed E-state index contributed by atoms with van der Waals surface area (Å²) in [5.74, 6) is -1.89. The van der Waals surface area contributed by atoms with Crippen LogP contribution < -0.4 is 9.64 Å². The Balaban J connectivity index is 1.53. The molecule has 42 heavy (non-hydrogen) atoms. The molecule has 212 valence electrons. The van der Waals surface area contributed by atoms with Gasteiger partial charge in [0, 0.05) is 23.6 Å². The Bertz CT molecular complexity index is 1650. The van der Waals surface area contributed by atoms with E-state index < -0.39 is 23.7 Å². The van der Waals surface area contributed by atoms with Crippen molar-refractivity contribution < 1.29 is 29.0 Å². The molecule has 0 bridgehead atoms. The second kappa shape index (κ2) is 12.5. The van der Waals surface area contributed by atoms with Crippen LogP contribution in [0.1, 0.15) is 52.0 Å². The third-order valence-corrected chi connectivity index (χ3v) is 6.93. The fraction of sp³-hybridized carbons (Fsp3) is 0.176. The number of carbonyl (C=O) groups excluding carboxylic acids is 3. The van der Waals surface area contributed by atoms with Gasteiger partial charge in [-0.3, -0.25) is 19.5 Å². The van der Waals surface area contributed by atoms with E-state index in [4.69, 9.17) is 9.47 Å². The zero-order valence-electron chi connectivity index (χ0n) is 23.3. The molecule has 1 aromatic heterocycles. The topological polar surface area (TPSA) is 106 Å². The quantitative estimate of drug-likeness (QED) is 0.113. The van der Waals surface area contributed by atoms with Gasteiger partial charge >= 0.3 is 5.97 Å². The number of nitrogens with zero attached hydrogens (tertiary/aromatic N) is 2. The van der Waals surface area contributed by atoms with Crippen LogP contribution in [-0.2, 0) is 20.9 Å². The highest BCUT2D eigenvalue weighted by Gasteiger charge is 2.47. The van der Waals surface area contributed by atoms with Crippen molar-refractivity contribution in [3.8, 4) is 5.75 Å². The van der Waals surface area contributed by atoms with Crippen molar-refractivity contribution in [3.05, 3.63) is 131 Å². The van der Waals surface area contributed by atoms with Gasteiger partial charge < -0.3 is 14.6 Å². The van der Waals surface area contributed by atoms with E-state index in [2.05, 4.69) is 4.98 Å². The van der Waals surface area contributed by atoms with Crippen LogP contribution in [0.2, 0.25) is 0 Å². The molecule has 1 atom stereocenters. The number of Topliss-reactive ketones (excluding diaryl/α,β-unsaturated/α-hetero) is 1. The molecule has 0 spiro atoms. The first-order valence-corrected chi connectivity index (χ1v) is 13.6. The van der Waals surface area contributed by atoms with E-state index in [1.54, 1.807) is 60.9 Å². The Kier molecular flexibility index (Phi) is 8.43. The highest BCUT2D eigenvalue weighted by molar-refractivity contribution is 6.51. The van der Waals surface area contributed by atoms with Crippen LogP contribution in [0.25, 0.3) is 5.76 Å². The SMILES string of the molecule is CCCOC(=O)c1cccc(N2C(=O)C(=O)/C(=C(/O)c3ccc(OCc4ccccc4)c(C)c3)C2c2cccnc2)c1. The second-order valence-corrected chi connectivity index (χ2v) is 9.90. The third kappa shape index (κ3) is 5.78. The summed E-state index contributed by atoms with van der Waals surface area (Å²) in [6, 6.07) is 23.6. The molecule has 0 radical (unpaired) electrons. The average Bonchev–Trinajstić information content (AvgIpc) is 3.29. The number of benzene rings is 3. The Morgan fingerprint density at radius 2 is 1.76 bits per heavy atom. The summed E-state index contributed by atoms with van der Waals surface area (Å²) in [6.07, 6.45) is 3.79. The van der Waals surface area contributed by atoms with Crippen molar-refractivity contribution in [2.45, 2.75) is 32.9 Å². The van der Waals surface area contributed by atoms with Gasteiger partial charge in [-0.15, -0.1) is 0 Å². The molecule has 0 saturated carbocycles. The molecule has 1 unspecified atom stereocenters. The van der Waals surface area contributed by atoms with Crippen LogP contribution in [-0.4, -0.2) is 34.4 Å². The summed E-state index contributed by atoms with van der Waals surface area (Å²) in [7, 11) is 0. The number of aliphatic hydroxyl groups excluding tert-OH is 1. The Labute approximate surface area is 243 Å². The summed E-state index contributed by atoms with van der Waals surface area (Å²) in [6.45, 7) is 4.38. The molecule has 1 saturated heterocycles. The lowest BCUT2D eigenvalue weighted by Crippen LogP contribution is -2.29. The van der Waals surface area contributed by atoms with Gasteiger partial charge in [-0.1, -0.05) is 49.4 Å². The molecule has 1 N–H and O–H groups in total. The lowest BCUT2D eigenvalue weighted by molar-refractivity contribution is -0.132. The molecule has 1 aliphatic heterocycles. The van der Waals surface area contributed by atoms with Crippen molar-refractivity contribution in [1.29, 1.82) is 0 Å². The number of amides is 1. The Morgan fingerprint density at radius 1 is 0.952 bits per heavy atom.